The van der Waals surface area contributed by atoms with Crippen molar-refractivity contribution in [3.05, 3.63) is 29.8 Å². The second-order valence-corrected chi connectivity index (χ2v) is 10.2. The number of carbonyl (C=O) groups is 2. The fourth-order valence-corrected chi connectivity index (χ4v) is 6.70. The van der Waals surface area contributed by atoms with Crippen molar-refractivity contribution < 1.29 is 9.59 Å². The highest BCUT2D eigenvalue weighted by molar-refractivity contribution is 5.89. The molecule has 2 heterocycles. The van der Waals surface area contributed by atoms with Crippen molar-refractivity contribution in [1.82, 2.24) is 10.2 Å². The maximum Gasteiger partial charge on any atom is 0.319 e. The molecule has 3 amide bonds. The molecule has 1 aromatic carbocycles. The van der Waals surface area contributed by atoms with E-state index in [4.69, 9.17) is 0 Å². The number of nitrogens with zero attached hydrogens (tertiary/aromatic N) is 1. The first-order valence-electron chi connectivity index (χ1n) is 12.4. The van der Waals surface area contributed by atoms with Gasteiger partial charge in [-0.2, -0.15) is 0 Å². The third kappa shape index (κ3) is 4.33. The molecule has 0 radical (unpaired) electrons. The first-order chi connectivity index (χ1) is 14.9. The lowest BCUT2D eigenvalue weighted by Gasteiger charge is -2.53. The number of nitrogens with one attached hydrogen (secondary N) is 2. The summed E-state index contributed by atoms with van der Waals surface area (Å²) in [5.74, 6) is 1.79. The van der Waals surface area contributed by atoms with E-state index in [0.717, 1.165) is 63.6 Å². The Balaban J connectivity index is 1.47. The molecule has 2 N–H and O–H groups in total. The lowest BCUT2D eigenvalue weighted by atomic mass is 9.61. The largest absolute Gasteiger partial charge is 0.337 e. The molecule has 2 aliphatic heterocycles. The van der Waals surface area contributed by atoms with Crippen molar-refractivity contribution in [2.24, 2.45) is 11.8 Å². The maximum atomic E-state index is 12.9. The predicted octanol–water partition coefficient (Wildman–Crippen LogP) is 5.67. The van der Waals surface area contributed by atoms with Gasteiger partial charge in [0.2, 0.25) is 5.91 Å². The number of benzene rings is 1. The Morgan fingerprint density at radius 2 is 1.94 bits per heavy atom. The third-order valence-corrected chi connectivity index (χ3v) is 8.12. The summed E-state index contributed by atoms with van der Waals surface area (Å²) in [7, 11) is 0. The molecule has 0 aromatic heterocycles. The summed E-state index contributed by atoms with van der Waals surface area (Å²) >= 11 is 0. The van der Waals surface area contributed by atoms with E-state index in [1.807, 2.05) is 12.1 Å². The zero-order valence-electron chi connectivity index (χ0n) is 19.5. The van der Waals surface area contributed by atoms with Gasteiger partial charge in [-0.1, -0.05) is 39.3 Å². The van der Waals surface area contributed by atoms with E-state index in [1.54, 1.807) is 0 Å². The summed E-state index contributed by atoms with van der Waals surface area (Å²) in [6, 6.07) is 8.22. The lowest BCUT2D eigenvalue weighted by molar-refractivity contribution is -0.138. The van der Waals surface area contributed by atoms with Crippen molar-refractivity contribution in [2.45, 2.75) is 96.1 Å². The van der Waals surface area contributed by atoms with Gasteiger partial charge < -0.3 is 15.5 Å². The van der Waals surface area contributed by atoms with Crippen LogP contribution in [0.25, 0.3) is 0 Å². The lowest BCUT2D eigenvalue weighted by Crippen LogP contribution is -2.60. The van der Waals surface area contributed by atoms with Gasteiger partial charge in [0.05, 0.1) is 0 Å². The van der Waals surface area contributed by atoms with Crippen LogP contribution in [0, 0.1) is 11.8 Å². The molecule has 2 saturated heterocycles. The highest BCUT2D eigenvalue weighted by atomic mass is 16.2. The molecule has 1 spiro atoms. The summed E-state index contributed by atoms with van der Waals surface area (Å²) in [6.07, 6.45) is 9.29. The molecule has 31 heavy (non-hydrogen) atoms. The molecule has 0 unspecified atom stereocenters. The number of amides is 3. The molecule has 4 rings (SSSR count). The quantitative estimate of drug-likeness (QED) is 0.638. The first-order valence-corrected chi connectivity index (χ1v) is 12.4. The summed E-state index contributed by atoms with van der Waals surface area (Å²) in [4.78, 5) is 27.9. The fourth-order valence-electron chi connectivity index (χ4n) is 6.70. The number of rotatable bonds is 5. The van der Waals surface area contributed by atoms with Crippen LogP contribution in [0.2, 0.25) is 0 Å². The zero-order valence-corrected chi connectivity index (χ0v) is 19.5. The third-order valence-electron chi connectivity index (χ3n) is 8.12. The molecule has 5 heteroatoms. The van der Waals surface area contributed by atoms with Crippen molar-refractivity contribution in [3.63, 3.8) is 0 Å². The summed E-state index contributed by atoms with van der Waals surface area (Å²) in [5, 5.41) is 6.37. The Hall–Kier alpha value is -2.04. The Morgan fingerprint density at radius 3 is 2.65 bits per heavy atom. The molecule has 3 aliphatic rings. The highest BCUT2D eigenvalue weighted by Crippen LogP contribution is 2.52. The SMILES string of the molecule is CCC[C@H]1[C@@H](NC(=O)Nc2ccc(C(C)C)cc2)CC[C@@]23CCCN2C(=O)CCC[C@@H]13. The zero-order chi connectivity index (χ0) is 22.0. The molecule has 4 atom stereocenters. The van der Waals surface area contributed by atoms with Gasteiger partial charge >= 0.3 is 6.03 Å². The number of urea groups is 1. The topological polar surface area (TPSA) is 61.4 Å². The van der Waals surface area contributed by atoms with Crippen LogP contribution in [0.4, 0.5) is 10.5 Å². The van der Waals surface area contributed by atoms with Crippen LogP contribution in [0.3, 0.4) is 0 Å². The van der Waals surface area contributed by atoms with Crippen LogP contribution in [0.1, 0.15) is 90.0 Å². The van der Waals surface area contributed by atoms with Gasteiger partial charge in [0.1, 0.15) is 0 Å². The smallest absolute Gasteiger partial charge is 0.319 e. The van der Waals surface area contributed by atoms with E-state index < -0.39 is 0 Å². The van der Waals surface area contributed by atoms with Crippen LogP contribution >= 0.6 is 0 Å². The molecule has 1 aliphatic carbocycles. The van der Waals surface area contributed by atoms with E-state index in [-0.39, 0.29) is 17.6 Å². The summed E-state index contributed by atoms with van der Waals surface area (Å²) < 4.78 is 0. The highest BCUT2D eigenvalue weighted by Gasteiger charge is 2.55. The minimum absolute atomic E-state index is 0.0504. The van der Waals surface area contributed by atoms with E-state index in [1.165, 1.54) is 5.56 Å². The van der Waals surface area contributed by atoms with Gasteiger partial charge in [-0.05, 0) is 80.4 Å². The Labute approximate surface area is 187 Å². The van der Waals surface area contributed by atoms with Crippen molar-refractivity contribution in [3.8, 4) is 0 Å². The number of carbonyl (C=O) groups excluding carboxylic acids is 2. The molecule has 0 bridgehead atoms. The fraction of sp³-hybridized carbons (Fsp3) is 0.692. The van der Waals surface area contributed by atoms with E-state index in [2.05, 4.69) is 48.4 Å². The van der Waals surface area contributed by atoms with E-state index in [9.17, 15) is 9.59 Å². The van der Waals surface area contributed by atoms with Crippen LogP contribution < -0.4 is 10.6 Å². The van der Waals surface area contributed by atoms with Crippen LogP contribution in [-0.2, 0) is 4.79 Å². The summed E-state index contributed by atoms with van der Waals surface area (Å²) in [6.45, 7) is 7.51. The molecule has 3 fully saturated rings. The van der Waals surface area contributed by atoms with Crippen molar-refractivity contribution in [1.29, 1.82) is 0 Å². The monoisotopic (exact) mass is 425 g/mol. The molecule has 1 aromatic rings. The average molecular weight is 426 g/mol. The van der Waals surface area contributed by atoms with Gasteiger partial charge in [-0.3, -0.25) is 4.79 Å². The number of hydrogen-bond donors (Lipinski definition) is 2. The molecular formula is C26H39N3O2. The predicted molar refractivity (Wildman–Crippen MR) is 125 cm³/mol. The van der Waals surface area contributed by atoms with Gasteiger partial charge in [0, 0.05) is 30.2 Å². The number of hydrogen-bond acceptors (Lipinski definition) is 2. The van der Waals surface area contributed by atoms with E-state index in [0.29, 0.717) is 30.1 Å². The Kier molecular flexibility index (Phi) is 6.59. The van der Waals surface area contributed by atoms with Crippen LogP contribution in [0.5, 0.6) is 0 Å². The maximum absolute atomic E-state index is 12.9. The molecule has 170 valence electrons. The molecule has 1 saturated carbocycles. The second kappa shape index (κ2) is 9.22. The van der Waals surface area contributed by atoms with Gasteiger partial charge in [-0.15, -0.1) is 0 Å². The Bertz CT molecular complexity index is 790. The van der Waals surface area contributed by atoms with Gasteiger partial charge in [0.15, 0.2) is 0 Å². The molecular weight excluding hydrogens is 386 g/mol. The van der Waals surface area contributed by atoms with Gasteiger partial charge in [-0.25, -0.2) is 4.79 Å². The average Bonchev–Trinajstić information content (AvgIpc) is 3.11. The summed E-state index contributed by atoms with van der Waals surface area (Å²) in [5.41, 5.74) is 2.16. The minimum Gasteiger partial charge on any atom is -0.337 e. The van der Waals surface area contributed by atoms with E-state index >= 15 is 0 Å². The normalized spacial score (nSPS) is 30.5. The Morgan fingerprint density at radius 1 is 1.16 bits per heavy atom. The van der Waals surface area contributed by atoms with Gasteiger partial charge in [0.25, 0.3) is 0 Å². The molecule has 5 nitrogen and oxygen atoms in total. The van der Waals surface area contributed by atoms with Crippen molar-refractivity contribution >= 4 is 17.6 Å². The second-order valence-electron chi connectivity index (χ2n) is 10.2. The van der Waals surface area contributed by atoms with Crippen LogP contribution in [0.15, 0.2) is 24.3 Å². The van der Waals surface area contributed by atoms with Crippen LogP contribution in [-0.4, -0.2) is 35.0 Å². The number of anilines is 1. The first kappa shape index (κ1) is 22.2. The minimum atomic E-state index is -0.104. The standard InChI is InChI=1S/C26H39N3O2/c1-4-7-21-22-8-5-9-24(30)29-17-6-15-26(22,29)16-14-23(21)28-25(31)27-20-12-10-19(11-13-20)18(2)3/h10-13,18,21-23H,4-9,14-17H2,1-3H3,(H2,27,28,31)/t21-,22+,23+,26-/m1/s1. The van der Waals surface area contributed by atoms with Crippen molar-refractivity contribution in [2.75, 3.05) is 11.9 Å².